The first kappa shape index (κ1) is 10.7. The molecule has 1 aromatic heterocycles. The average molecular weight is 219 g/mol. The van der Waals surface area contributed by atoms with Gasteiger partial charge in [-0.2, -0.15) is 0 Å². The van der Waals surface area contributed by atoms with Crippen molar-refractivity contribution in [3.8, 4) is 0 Å². The Kier molecular flexibility index (Phi) is 2.22. The van der Waals surface area contributed by atoms with Gasteiger partial charge in [0.15, 0.2) is 5.58 Å². The molecule has 0 radical (unpaired) electrons. The van der Waals surface area contributed by atoms with Gasteiger partial charge in [-0.15, -0.1) is 0 Å². The zero-order valence-electron chi connectivity index (χ0n) is 9.44. The fourth-order valence-electron chi connectivity index (χ4n) is 1.58. The van der Waals surface area contributed by atoms with Gasteiger partial charge in [0.25, 0.3) is 0 Å². The van der Waals surface area contributed by atoms with Gasteiger partial charge in [-0.3, -0.25) is 4.79 Å². The van der Waals surface area contributed by atoms with Crippen LogP contribution in [0.2, 0.25) is 0 Å². The Hall–Kier alpha value is -1.84. The summed E-state index contributed by atoms with van der Waals surface area (Å²) < 4.78 is 5.12. The molecule has 1 heterocycles. The highest BCUT2D eigenvalue weighted by Gasteiger charge is 2.29. The van der Waals surface area contributed by atoms with Crippen molar-refractivity contribution in [2.24, 2.45) is 0 Å². The van der Waals surface area contributed by atoms with Crippen molar-refractivity contribution in [1.29, 1.82) is 0 Å². The van der Waals surface area contributed by atoms with E-state index in [0.29, 0.717) is 11.1 Å². The number of carboxylic acid groups (broad SMARTS) is 1. The van der Waals surface area contributed by atoms with Crippen LogP contribution in [0.3, 0.4) is 0 Å². The number of hydrogen-bond acceptors (Lipinski definition) is 3. The number of aromatic nitrogens is 1. The summed E-state index contributed by atoms with van der Waals surface area (Å²) in [6.45, 7) is 5.19. The predicted octanol–water partition coefficient (Wildman–Crippen LogP) is 2.50. The van der Waals surface area contributed by atoms with Crippen LogP contribution in [0, 0.1) is 6.92 Å². The van der Waals surface area contributed by atoms with Gasteiger partial charge in [-0.1, -0.05) is 11.2 Å². The standard InChI is InChI=1S/C12H13NO3/c1-7-9-5-4-8(6-10(9)16-13-7)12(2,3)11(14)15/h4-6H,1-3H3,(H,14,15). The molecule has 4 nitrogen and oxygen atoms in total. The van der Waals surface area contributed by atoms with E-state index < -0.39 is 11.4 Å². The monoisotopic (exact) mass is 219 g/mol. The second kappa shape index (κ2) is 3.33. The van der Waals surface area contributed by atoms with E-state index in [1.165, 1.54) is 0 Å². The first-order chi connectivity index (χ1) is 7.43. The number of aliphatic carboxylic acids is 1. The Labute approximate surface area is 92.9 Å². The lowest BCUT2D eigenvalue weighted by atomic mass is 9.84. The van der Waals surface area contributed by atoms with E-state index in [1.807, 2.05) is 13.0 Å². The van der Waals surface area contributed by atoms with Crippen molar-refractivity contribution >= 4 is 16.9 Å². The topological polar surface area (TPSA) is 63.3 Å². The van der Waals surface area contributed by atoms with E-state index in [9.17, 15) is 4.79 Å². The quantitative estimate of drug-likeness (QED) is 0.842. The summed E-state index contributed by atoms with van der Waals surface area (Å²) in [5.41, 5.74) is 1.23. The second-order valence-corrected chi connectivity index (χ2v) is 4.41. The second-order valence-electron chi connectivity index (χ2n) is 4.41. The van der Waals surface area contributed by atoms with Crippen LogP contribution in [0.5, 0.6) is 0 Å². The van der Waals surface area contributed by atoms with Crippen LogP contribution < -0.4 is 0 Å². The Morgan fingerprint density at radius 3 is 2.75 bits per heavy atom. The first-order valence-corrected chi connectivity index (χ1v) is 5.03. The van der Waals surface area contributed by atoms with Crippen molar-refractivity contribution in [1.82, 2.24) is 5.16 Å². The third kappa shape index (κ3) is 1.46. The van der Waals surface area contributed by atoms with Gasteiger partial charge in [0.05, 0.1) is 11.1 Å². The Morgan fingerprint density at radius 1 is 1.44 bits per heavy atom. The molecule has 4 heteroatoms. The smallest absolute Gasteiger partial charge is 0.313 e. The largest absolute Gasteiger partial charge is 0.481 e. The van der Waals surface area contributed by atoms with E-state index in [1.54, 1.807) is 26.0 Å². The highest BCUT2D eigenvalue weighted by molar-refractivity contribution is 5.85. The van der Waals surface area contributed by atoms with Crippen LogP contribution in [0.25, 0.3) is 11.0 Å². The third-order valence-electron chi connectivity index (χ3n) is 2.91. The molecule has 0 atom stereocenters. The molecular weight excluding hydrogens is 206 g/mol. The van der Waals surface area contributed by atoms with Gasteiger partial charge in [0.2, 0.25) is 0 Å². The van der Waals surface area contributed by atoms with Crippen molar-refractivity contribution in [2.45, 2.75) is 26.2 Å². The van der Waals surface area contributed by atoms with Crippen molar-refractivity contribution in [2.75, 3.05) is 0 Å². The van der Waals surface area contributed by atoms with Gasteiger partial charge < -0.3 is 9.63 Å². The minimum absolute atomic E-state index is 0.629. The maximum absolute atomic E-state index is 11.1. The highest BCUT2D eigenvalue weighted by Crippen LogP contribution is 2.28. The van der Waals surface area contributed by atoms with Gasteiger partial charge in [0, 0.05) is 5.39 Å². The van der Waals surface area contributed by atoms with Crippen LogP contribution in [-0.2, 0) is 10.2 Å². The summed E-state index contributed by atoms with van der Waals surface area (Å²) in [5, 5.41) is 13.9. The van der Waals surface area contributed by atoms with Gasteiger partial charge in [-0.25, -0.2) is 0 Å². The molecule has 84 valence electrons. The zero-order valence-corrected chi connectivity index (χ0v) is 9.44. The van der Waals surface area contributed by atoms with E-state index >= 15 is 0 Å². The SMILES string of the molecule is Cc1noc2cc(C(C)(C)C(=O)O)ccc12. The summed E-state index contributed by atoms with van der Waals surface area (Å²) in [6, 6.07) is 5.39. The number of nitrogens with zero attached hydrogens (tertiary/aromatic N) is 1. The molecule has 2 rings (SSSR count). The Bertz CT molecular complexity index is 554. The fraction of sp³-hybridized carbons (Fsp3) is 0.333. The third-order valence-corrected chi connectivity index (χ3v) is 2.91. The number of hydrogen-bond donors (Lipinski definition) is 1. The van der Waals surface area contributed by atoms with Crippen molar-refractivity contribution in [3.05, 3.63) is 29.5 Å². The van der Waals surface area contributed by atoms with E-state index in [4.69, 9.17) is 9.63 Å². The maximum atomic E-state index is 11.1. The van der Waals surface area contributed by atoms with Crippen LogP contribution in [0.1, 0.15) is 25.1 Å². The van der Waals surface area contributed by atoms with Crippen LogP contribution in [0.15, 0.2) is 22.7 Å². The predicted molar refractivity (Wildman–Crippen MR) is 59.4 cm³/mol. The molecule has 0 aliphatic carbocycles. The fourth-order valence-corrected chi connectivity index (χ4v) is 1.58. The van der Waals surface area contributed by atoms with Crippen LogP contribution >= 0.6 is 0 Å². The molecule has 0 aliphatic rings. The highest BCUT2D eigenvalue weighted by atomic mass is 16.5. The maximum Gasteiger partial charge on any atom is 0.313 e. The van der Waals surface area contributed by atoms with Gasteiger partial charge in [0.1, 0.15) is 0 Å². The molecule has 0 spiro atoms. The molecule has 1 aromatic carbocycles. The van der Waals surface area contributed by atoms with E-state index in [0.717, 1.165) is 11.1 Å². The van der Waals surface area contributed by atoms with Crippen LogP contribution in [0.4, 0.5) is 0 Å². The molecule has 0 aliphatic heterocycles. The van der Waals surface area contributed by atoms with Gasteiger partial charge in [-0.05, 0) is 38.5 Å². The first-order valence-electron chi connectivity index (χ1n) is 5.03. The van der Waals surface area contributed by atoms with Crippen LogP contribution in [-0.4, -0.2) is 16.2 Å². The average Bonchev–Trinajstić information content (AvgIpc) is 2.60. The molecule has 1 N–H and O–H groups in total. The molecule has 0 saturated carbocycles. The Balaban J connectivity index is 2.59. The number of rotatable bonds is 2. The molecular formula is C12H13NO3. The summed E-state index contributed by atoms with van der Waals surface area (Å²) in [5.74, 6) is -0.858. The molecule has 0 unspecified atom stereocenters. The number of benzene rings is 1. The Morgan fingerprint density at radius 2 is 2.12 bits per heavy atom. The lowest BCUT2D eigenvalue weighted by Crippen LogP contribution is -2.28. The zero-order chi connectivity index (χ0) is 11.9. The lowest BCUT2D eigenvalue weighted by Gasteiger charge is -2.19. The number of carboxylic acids is 1. The summed E-state index contributed by atoms with van der Waals surface area (Å²) >= 11 is 0. The summed E-state index contributed by atoms with van der Waals surface area (Å²) in [7, 11) is 0. The van der Waals surface area contributed by atoms with Crippen molar-refractivity contribution < 1.29 is 14.4 Å². The molecule has 0 saturated heterocycles. The molecule has 2 aromatic rings. The van der Waals surface area contributed by atoms with Crippen molar-refractivity contribution in [3.63, 3.8) is 0 Å². The molecule has 0 bridgehead atoms. The summed E-state index contributed by atoms with van der Waals surface area (Å²) in [4.78, 5) is 11.1. The normalized spacial score (nSPS) is 11.9. The minimum Gasteiger partial charge on any atom is -0.481 e. The van der Waals surface area contributed by atoms with E-state index in [-0.39, 0.29) is 0 Å². The molecule has 16 heavy (non-hydrogen) atoms. The number of carbonyl (C=O) groups is 1. The molecule has 0 amide bonds. The van der Waals surface area contributed by atoms with Gasteiger partial charge >= 0.3 is 5.97 Å². The molecule has 0 fully saturated rings. The lowest BCUT2D eigenvalue weighted by molar-refractivity contribution is -0.142. The van der Waals surface area contributed by atoms with E-state index in [2.05, 4.69) is 5.16 Å². The summed E-state index contributed by atoms with van der Waals surface area (Å²) in [6.07, 6.45) is 0. The number of fused-ring (bicyclic) bond motifs is 1. The number of aryl methyl sites for hydroxylation is 1. The minimum atomic E-state index is -0.922.